The molecular weight excluding hydrogens is 247 g/mol. The predicted octanol–water partition coefficient (Wildman–Crippen LogP) is -2.71. The Morgan fingerprint density at radius 2 is 2.00 bits per heavy atom. The van der Waals surface area contributed by atoms with Crippen molar-refractivity contribution in [3.8, 4) is 0 Å². The van der Waals surface area contributed by atoms with E-state index in [2.05, 4.69) is 11.3 Å². The zero-order chi connectivity index (χ0) is 11.4. The quantitative estimate of drug-likeness (QED) is 0.232. The Hall–Kier alpha value is 0.756. The molecule has 0 aromatic carbocycles. The first kappa shape index (κ1) is 18.1. The molecule has 0 saturated heterocycles. The summed E-state index contributed by atoms with van der Waals surface area (Å²) in [5, 5.41) is 0. The van der Waals surface area contributed by atoms with Crippen LogP contribution in [0.25, 0.3) is 0 Å². The summed E-state index contributed by atoms with van der Waals surface area (Å²) < 4.78 is 35.6. The minimum atomic E-state index is -4.26. The Balaban J connectivity index is 0. The van der Waals surface area contributed by atoms with Crippen LogP contribution in [0.15, 0.2) is 12.2 Å². The van der Waals surface area contributed by atoms with Crippen LogP contribution < -0.4 is 51.4 Å². The van der Waals surface area contributed by atoms with Gasteiger partial charge in [-0.15, -0.1) is 0 Å². The second kappa shape index (κ2) is 7.94. The van der Waals surface area contributed by atoms with Crippen molar-refractivity contribution in [2.24, 2.45) is 5.92 Å². The molecule has 5 nitrogen and oxygen atoms in total. The van der Waals surface area contributed by atoms with Crippen LogP contribution in [0.5, 0.6) is 0 Å². The van der Waals surface area contributed by atoms with Crippen LogP contribution in [0.3, 0.4) is 0 Å². The third-order valence-electron chi connectivity index (χ3n) is 1.34. The van der Waals surface area contributed by atoms with Gasteiger partial charge in [-0.3, -0.25) is 0 Å². The first-order chi connectivity index (χ1) is 6.22. The van der Waals surface area contributed by atoms with Gasteiger partial charge in [-0.05, 0) is 6.92 Å². The molecule has 0 aliphatic rings. The summed E-state index contributed by atoms with van der Waals surface area (Å²) >= 11 is 0. The molecule has 0 aliphatic carbocycles. The number of esters is 1. The topological polar surface area (TPSA) is 83.5 Å². The first-order valence-electron chi connectivity index (χ1n) is 3.98. The minimum Gasteiger partial charge on any atom is -0.748 e. The Labute approximate surface area is 132 Å². The van der Waals surface area contributed by atoms with Crippen molar-refractivity contribution >= 4 is 16.1 Å². The van der Waals surface area contributed by atoms with E-state index in [0.717, 1.165) is 0 Å². The number of hydrogen-bond acceptors (Lipinski definition) is 5. The molecule has 0 aromatic rings. The summed E-state index contributed by atoms with van der Waals surface area (Å²) in [6.07, 6.45) is 0. The second-order valence-electron chi connectivity index (χ2n) is 3.21. The van der Waals surface area contributed by atoms with Gasteiger partial charge in [0.2, 0.25) is 0 Å². The van der Waals surface area contributed by atoms with Crippen LogP contribution in [0.2, 0.25) is 0 Å². The van der Waals surface area contributed by atoms with Gasteiger partial charge in [0.05, 0.1) is 16.7 Å². The van der Waals surface area contributed by atoms with Gasteiger partial charge in [0.15, 0.2) is 0 Å². The summed E-state index contributed by atoms with van der Waals surface area (Å²) in [5.74, 6) is -1.61. The molecule has 0 aromatic heterocycles. The zero-order valence-electron chi connectivity index (χ0n) is 9.15. The molecule has 0 fully saturated rings. The fourth-order valence-electron chi connectivity index (χ4n) is 0.738. The van der Waals surface area contributed by atoms with Gasteiger partial charge in [0.25, 0.3) is 0 Å². The van der Waals surface area contributed by atoms with Crippen molar-refractivity contribution in [2.75, 3.05) is 12.4 Å². The summed E-state index contributed by atoms with van der Waals surface area (Å²) in [4.78, 5) is 10.9. The van der Waals surface area contributed by atoms with Gasteiger partial charge in [-0.25, -0.2) is 13.2 Å². The van der Waals surface area contributed by atoms with Gasteiger partial charge < -0.3 is 9.29 Å². The molecule has 7 heteroatoms. The standard InChI is InChI=1S/C8H14O5S.K/c1-6(2)8(9)13-4-7(3)5-14(10,11)12;/h7H,1,4-5H2,2-3H3,(H,10,11,12);/q;+1/p-1. The first-order valence-corrected chi connectivity index (χ1v) is 5.56. The van der Waals surface area contributed by atoms with E-state index >= 15 is 0 Å². The molecule has 82 valence electrons. The molecule has 0 spiro atoms. The fourth-order valence-corrected chi connectivity index (χ4v) is 1.53. The van der Waals surface area contributed by atoms with Crippen molar-refractivity contribution in [1.29, 1.82) is 0 Å². The molecule has 15 heavy (non-hydrogen) atoms. The van der Waals surface area contributed by atoms with Crippen LogP contribution in [-0.4, -0.2) is 31.3 Å². The van der Waals surface area contributed by atoms with Crippen molar-refractivity contribution in [1.82, 2.24) is 0 Å². The van der Waals surface area contributed by atoms with Crippen LogP contribution >= 0.6 is 0 Å². The van der Waals surface area contributed by atoms with Crippen molar-refractivity contribution in [2.45, 2.75) is 13.8 Å². The Bertz CT molecular complexity index is 322. The molecule has 1 atom stereocenters. The number of hydrogen-bond donors (Lipinski definition) is 0. The Morgan fingerprint density at radius 1 is 1.53 bits per heavy atom. The maximum Gasteiger partial charge on any atom is 1.00 e. The SMILES string of the molecule is C=C(C)C(=O)OCC(C)CS(=O)(=O)[O-].[K+]. The normalized spacial score (nSPS) is 12.5. The van der Waals surface area contributed by atoms with Crippen LogP contribution in [0.4, 0.5) is 0 Å². The van der Waals surface area contributed by atoms with E-state index in [0.29, 0.717) is 0 Å². The van der Waals surface area contributed by atoms with Crippen LogP contribution in [0.1, 0.15) is 13.8 Å². The van der Waals surface area contributed by atoms with Crippen LogP contribution in [-0.2, 0) is 19.6 Å². The Kier molecular flexibility index (Phi) is 9.59. The molecule has 0 saturated carbocycles. The summed E-state index contributed by atoms with van der Waals surface area (Å²) in [5.41, 5.74) is 0.238. The van der Waals surface area contributed by atoms with Crippen molar-refractivity contribution in [3.63, 3.8) is 0 Å². The number of rotatable bonds is 5. The third kappa shape index (κ3) is 11.0. The summed E-state index contributed by atoms with van der Waals surface area (Å²) in [7, 11) is -4.26. The molecular formula is C8H13KO5S. The second-order valence-corrected chi connectivity index (χ2v) is 4.66. The van der Waals surface area contributed by atoms with E-state index in [-0.39, 0.29) is 63.6 Å². The van der Waals surface area contributed by atoms with E-state index in [1.165, 1.54) is 13.8 Å². The number of carbonyl (C=O) groups excluding carboxylic acids is 1. The smallest absolute Gasteiger partial charge is 0.748 e. The maximum absolute atomic E-state index is 10.9. The van der Waals surface area contributed by atoms with Crippen molar-refractivity contribution in [3.05, 3.63) is 12.2 Å². The number of ether oxygens (including phenoxy) is 1. The van der Waals surface area contributed by atoms with Gasteiger partial charge in [0, 0.05) is 17.2 Å². The van der Waals surface area contributed by atoms with E-state index < -0.39 is 27.8 Å². The van der Waals surface area contributed by atoms with Crippen molar-refractivity contribution < 1.29 is 73.9 Å². The van der Waals surface area contributed by atoms with Gasteiger partial charge in [0.1, 0.15) is 0 Å². The molecule has 0 radical (unpaired) electrons. The molecule has 0 amide bonds. The minimum absolute atomic E-state index is 0. The summed E-state index contributed by atoms with van der Waals surface area (Å²) in [6.45, 7) is 6.26. The van der Waals surface area contributed by atoms with E-state index in [4.69, 9.17) is 0 Å². The van der Waals surface area contributed by atoms with E-state index in [1.54, 1.807) is 0 Å². The van der Waals surface area contributed by atoms with Gasteiger partial charge in [-0.2, -0.15) is 0 Å². The van der Waals surface area contributed by atoms with E-state index in [1.807, 2.05) is 0 Å². The molecule has 0 heterocycles. The fraction of sp³-hybridized carbons (Fsp3) is 0.625. The molecule has 0 bridgehead atoms. The van der Waals surface area contributed by atoms with E-state index in [9.17, 15) is 17.8 Å². The monoisotopic (exact) mass is 260 g/mol. The average molecular weight is 260 g/mol. The Morgan fingerprint density at radius 3 is 2.33 bits per heavy atom. The largest absolute Gasteiger partial charge is 1.00 e. The van der Waals surface area contributed by atoms with Crippen LogP contribution in [0, 0.1) is 5.92 Å². The average Bonchev–Trinajstić information content (AvgIpc) is 1.96. The summed E-state index contributed by atoms with van der Waals surface area (Å²) in [6, 6.07) is 0. The molecule has 0 aliphatic heterocycles. The maximum atomic E-state index is 10.9. The third-order valence-corrected chi connectivity index (χ3v) is 2.31. The zero-order valence-corrected chi connectivity index (χ0v) is 13.1. The predicted molar refractivity (Wildman–Crippen MR) is 49.5 cm³/mol. The van der Waals surface area contributed by atoms with Gasteiger partial charge >= 0.3 is 57.4 Å². The molecule has 0 rings (SSSR count). The van der Waals surface area contributed by atoms with Gasteiger partial charge in [-0.1, -0.05) is 13.5 Å². The molecule has 1 unspecified atom stereocenters. The number of carbonyl (C=O) groups is 1. The molecule has 0 N–H and O–H groups in total.